The largest absolute Gasteiger partial charge is 0.494 e. The van der Waals surface area contributed by atoms with Gasteiger partial charge in [-0.2, -0.15) is 11.3 Å². The number of nitrogens with one attached hydrogen (secondary N) is 2. The van der Waals surface area contributed by atoms with E-state index in [2.05, 4.69) is 39.4 Å². The van der Waals surface area contributed by atoms with Gasteiger partial charge in [0.1, 0.15) is 0 Å². The lowest BCUT2D eigenvalue weighted by Gasteiger charge is -2.15. The molecule has 0 spiro atoms. The van der Waals surface area contributed by atoms with E-state index in [1.165, 1.54) is 18.7 Å². The second-order valence-electron chi connectivity index (χ2n) is 5.50. The van der Waals surface area contributed by atoms with Gasteiger partial charge in [-0.25, -0.2) is 9.38 Å². The van der Waals surface area contributed by atoms with E-state index in [4.69, 9.17) is 4.74 Å². The molecule has 138 valence electrons. The molecule has 0 aliphatic rings. The van der Waals surface area contributed by atoms with E-state index in [1.54, 1.807) is 17.4 Å². The molecule has 2 aromatic rings. The number of halogens is 2. The van der Waals surface area contributed by atoms with Crippen LogP contribution in [0.3, 0.4) is 0 Å². The normalized spacial score (nSPS) is 12.2. The second-order valence-corrected chi connectivity index (χ2v) is 6.28. The Morgan fingerprint density at radius 2 is 2.12 bits per heavy atom. The van der Waals surface area contributed by atoms with Crippen LogP contribution in [-0.2, 0) is 6.54 Å². The molecular weight excluding hydrogens is 452 g/mol. The molecule has 1 unspecified atom stereocenters. The van der Waals surface area contributed by atoms with Crippen molar-refractivity contribution in [3.8, 4) is 5.75 Å². The van der Waals surface area contributed by atoms with E-state index in [0.717, 1.165) is 24.6 Å². The average molecular weight is 477 g/mol. The van der Waals surface area contributed by atoms with Gasteiger partial charge in [0, 0.05) is 13.1 Å². The number of methoxy groups -OCH3 is 1. The van der Waals surface area contributed by atoms with Gasteiger partial charge in [-0.1, -0.05) is 13.0 Å². The molecule has 0 fully saturated rings. The first kappa shape index (κ1) is 21.7. The fourth-order valence-corrected chi connectivity index (χ4v) is 3.03. The van der Waals surface area contributed by atoms with E-state index < -0.39 is 0 Å². The molecule has 25 heavy (non-hydrogen) atoms. The van der Waals surface area contributed by atoms with Gasteiger partial charge in [-0.15, -0.1) is 24.0 Å². The van der Waals surface area contributed by atoms with Crippen molar-refractivity contribution in [1.82, 2.24) is 10.6 Å². The molecule has 1 aromatic heterocycles. The third-order valence-corrected chi connectivity index (χ3v) is 4.37. The summed E-state index contributed by atoms with van der Waals surface area (Å²) in [4.78, 5) is 4.52. The summed E-state index contributed by atoms with van der Waals surface area (Å²) < 4.78 is 18.7. The van der Waals surface area contributed by atoms with Crippen LogP contribution < -0.4 is 15.4 Å². The van der Waals surface area contributed by atoms with Crippen LogP contribution in [0.5, 0.6) is 5.75 Å². The lowest BCUT2D eigenvalue weighted by molar-refractivity contribution is 0.386. The molecule has 0 aliphatic heterocycles. The molecule has 7 heteroatoms. The first-order valence-electron chi connectivity index (χ1n) is 8.00. The van der Waals surface area contributed by atoms with Crippen LogP contribution in [0.4, 0.5) is 4.39 Å². The minimum atomic E-state index is -0.366. The Kier molecular flexibility index (Phi) is 9.81. The molecule has 0 saturated heterocycles. The number of ether oxygens (including phenoxy) is 1. The molecular formula is C18H25FIN3OS. The van der Waals surface area contributed by atoms with Crippen LogP contribution in [0.1, 0.15) is 30.9 Å². The molecule has 1 aromatic carbocycles. The SMILES string of the molecule is CCNC(=NCc1ccc(OC)c(F)c1)NCC(C)c1ccsc1.I. The predicted octanol–water partition coefficient (Wildman–Crippen LogP) is 4.37. The number of hydrogen-bond acceptors (Lipinski definition) is 3. The van der Waals surface area contributed by atoms with Crippen molar-refractivity contribution in [3.63, 3.8) is 0 Å². The molecule has 0 radical (unpaired) electrons. The highest BCUT2D eigenvalue weighted by Crippen LogP contribution is 2.18. The van der Waals surface area contributed by atoms with E-state index in [1.807, 2.05) is 13.0 Å². The minimum absolute atomic E-state index is 0. The van der Waals surface area contributed by atoms with Crippen molar-refractivity contribution in [2.75, 3.05) is 20.2 Å². The number of thiophene rings is 1. The lowest BCUT2D eigenvalue weighted by atomic mass is 10.1. The highest BCUT2D eigenvalue weighted by molar-refractivity contribution is 14.0. The van der Waals surface area contributed by atoms with Gasteiger partial charge in [0.15, 0.2) is 17.5 Å². The Bertz CT molecular complexity index is 664. The predicted molar refractivity (Wildman–Crippen MR) is 114 cm³/mol. The summed E-state index contributed by atoms with van der Waals surface area (Å²) in [5.41, 5.74) is 2.12. The number of rotatable bonds is 7. The van der Waals surface area contributed by atoms with Crippen molar-refractivity contribution in [2.24, 2.45) is 4.99 Å². The minimum Gasteiger partial charge on any atom is -0.494 e. The molecule has 0 saturated carbocycles. The van der Waals surface area contributed by atoms with E-state index in [0.29, 0.717) is 12.5 Å². The molecule has 4 nitrogen and oxygen atoms in total. The smallest absolute Gasteiger partial charge is 0.191 e. The van der Waals surface area contributed by atoms with Crippen LogP contribution in [0.2, 0.25) is 0 Å². The Labute approximate surface area is 169 Å². The summed E-state index contributed by atoms with van der Waals surface area (Å²) in [6.45, 7) is 6.17. The summed E-state index contributed by atoms with van der Waals surface area (Å²) >= 11 is 1.70. The Morgan fingerprint density at radius 3 is 2.72 bits per heavy atom. The monoisotopic (exact) mass is 477 g/mol. The zero-order valence-electron chi connectivity index (χ0n) is 14.7. The van der Waals surface area contributed by atoms with Gasteiger partial charge in [0.2, 0.25) is 0 Å². The average Bonchev–Trinajstić information content (AvgIpc) is 3.12. The standard InChI is InChI=1S/C18H24FN3OS.HI/c1-4-20-18(21-10-13(2)15-7-8-24-12-15)22-11-14-5-6-17(23-3)16(19)9-14;/h5-9,12-13H,4,10-11H2,1-3H3,(H2,20,21,22);1H. The quantitative estimate of drug-likeness (QED) is 0.354. The first-order valence-corrected chi connectivity index (χ1v) is 8.95. The third-order valence-electron chi connectivity index (χ3n) is 3.67. The van der Waals surface area contributed by atoms with Crippen molar-refractivity contribution >= 4 is 41.3 Å². The van der Waals surface area contributed by atoms with Gasteiger partial charge in [0.25, 0.3) is 0 Å². The summed E-state index contributed by atoms with van der Waals surface area (Å²) in [6.07, 6.45) is 0. The van der Waals surface area contributed by atoms with E-state index in [-0.39, 0.29) is 35.5 Å². The van der Waals surface area contributed by atoms with E-state index in [9.17, 15) is 4.39 Å². The number of aliphatic imine (C=N–C) groups is 1. The van der Waals surface area contributed by atoms with Crippen LogP contribution in [-0.4, -0.2) is 26.2 Å². The fraction of sp³-hybridized carbons (Fsp3) is 0.389. The molecule has 1 heterocycles. The zero-order valence-corrected chi connectivity index (χ0v) is 17.9. The summed E-state index contributed by atoms with van der Waals surface area (Å²) in [5, 5.41) is 10.8. The summed E-state index contributed by atoms with van der Waals surface area (Å²) in [7, 11) is 1.46. The number of guanidine groups is 1. The van der Waals surface area contributed by atoms with Crippen LogP contribution in [0.25, 0.3) is 0 Å². The number of nitrogens with zero attached hydrogens (tertiary/aromatic N) is 1. The number of benzene rings is 1. The third kappa shape index (κ3) is 6.81. The van der Waals surface area contributed by atoms with Gasteiger partial charge in [0.05, 0.1) is 13.7 Å². The second kappa shape index (κ2) is 11.3. The van der Waals surface area contributed by atoms with Gasteiger partial charge in [-0.05, 0) is 52.9 Å². The maximum atomic E-state index is 13.7. The van der Waals surface area contributed by atoms with Crippen LogP contribution >= 0.6 is 35.3 Å². The highest BCUT2D eigenvalue weighted by atomic mass is 127. The lowest BCUT2D eigenvalue weighted by Crippen LogP contribution is -2.39. The van der Waals surface area contributed by atoms with Gasteiger partial charge in [-0.3, -0.25) is 0 Å². The highest BCUT2D eigenvalue weighted by Gasteiger charge is 2.07. The fourth-order valence-electron chi connectivity index (χ4n) is 2.24. The van der Waals surface area contributed by atoms with Crippen LogP contribution in [0.15, 0.2) is 40.0 Å². The Balaban J connectivity index is 0.00000312. The molecule has 2 N–H and O–H groups in total. The Morgan fingerprint density at radius 1 is 1.32 bits per heavy atom. The van der Waals surface area contributed by atoms with Gasteiger partial charge < -0.3 is 15.4 Å². The Hall–Kier alpha value is -1.35. The van der Waals surface area contributed by atoms with Crippen molar-refractivity contribution < 1.29 is 9.13 Å². The zero-order chi connectivity index (χ0) is 17.4. The maximum Gasteiger partial charge on any atom is 0.191 e. The van der Waals surface area contributed by atoms with Crippen molar-refractivity contribution in [1.29, 1.82) is 0 Å². The molecule has 0 aliphatic carbocycles. The van der Waals surface area contributed by atoms with Crippen molar-refractivity contribution in [2.45, 2.75) is 26.3 Å². The first-order chi connectivity index (χ1) is 11.6. The topological polar surface area (TPSA) is 45.7 Å². The number of hydrogen-bond donors (Lipinski definition) is 2. The molecule has 0 amide bonds. The summed E-state index contributed by atoms with van der Waals surface area (Å²) in [5.74, 6) is 1.01. The molecule has 1 atom stereocenters. The van der Waals surface area contributed by atoms with Crippen LogP contribution in [0, 0.1) is 5.82 Å². The molecule has 2 rings (SSSR count). The van der Waals surface area contributed by atoms with E-state index >= 15 is 0 Å². The summed E-state index contributed by atoms with van der Waals surface area (Å²) in [6, 6.07) is 7.04. The maximum absolute atomic E-state index is 13.7. The molecule has 0 bridgehead atoms. The van der Waals surface area contributed by atoms with Gasteiger partial charge >= 0.3 is 0 Å². The van der Waals surface area contributed by atoms with Crippen molar-refractivity contribution in [3.05, 3.63) is 52.0 Å².